The average Bonchev–Trinajstić information content (AvgIpc) is 2.96. The summed E-state index contributed by atoms with van der Waals surface area (Å²) < 4.78 is 10.4. The number of aryl methyl sites for hydroxylation is 1. The molecule has 0 N–H and O–H groups in total. The van der Waals surface area contributed by atoms with Crippen molar-refractivity contribution in [2.75, 3.05) is 19.2 Å². The normalized spacial score (nSPS) is 15.0. The summed E-state index contributed by atoms with van der Waals surface area (Å²) in [6.45, 7) is 3.64. The molecule has 0 bridgehead atoms. The topological polar surface area (TPSA) is 94.3 Å². The monoisotopic (exact) mass is 381 g/mol. The van der Waals surface area contributed by atoms with Gasteiger partial charge in [0.2, 0.25) is 0 Å². The van der Waals surface area contributed by atoms with E-state index in [-0.39, 0.29) is 28.5 Å². The smallest absolute Gasteiger partial charge is 0.280 e. The molecule has 0 radical (unpaired) electrons. The van der Waals surface area contributed by atoms with Crippen molar-refractivity contribution in [3.8, 4) is 11.5 Å². The quantitative estimate of drug-likeness (QED) is 0.447. The van der Waals surface area contributed by atoms with Crippen LogP contribution in [0.15, 0.2) is 47.1 Å². The summed E-state index contributed by atoms with van der Waals surface area (Å²) in [6, 6.07) is 10.1. The number of ether oxygens (including phenoxy) is 2. The van der Waals surface area contributed by atoms with Gasteiger partial charge in [-0.3, -0.25) is 14.9 Å². The lowest BCUT2D eigenvalue weighted by Gasteiger charge is -2.12. The predicted octanol–water partition coefficient (Wildman–Crippen LogP) is 3.73. The van der Waals surface area contributed by atoms with Gasteiger partial charge in [0.15, 0.2) is 11.5 Å². The second-order valence-corrected chi connectivity index (χ2v) is 6.22. The molecule has 1 amide bonds. The van der Waals surface area contributed by atoms with Crippen molar-refractivity contribution in [3.63, 3.8) is 0 Å². The third-order valence-corrected chi connectivity index (χ3v) is 4.37. The lowest BCUT2D eigenvalue weighted by Crippen LogP contribution is -2.21. The first-order valence-corrected chi connectivity index (χ1v) is 8.44. The highest BCUT2D eigenvalue weighted by Gasteiger charge is 2.30. The largest absolute Gasteiger partial charge is 0.493 e. The van der Waals surface area contributed by atoms with E-state index in [0.29, 0.717) is 17.1 Å². The number of nitro benzene ring substituents is 1. The third-order valence-electron chi connectivity index (χ3n) is 4.37. The molecule has 0 atom stereocenters. The number of carbonyl (C=O) groups is 1. The minimum absolute atomic E-state index is 0.195. The summed E-state index contributed by atoms with van der Waals surface area (Å²) in [5.74, 6) is 0.210. The zero-order valence-corrected chi connectivity index (χ0v) is 15.9. The molecule has 2 aromatic rings. The molecular formula is C20H19N3O5. The Morgan fingerprint density at radius 2 is 1.68 bits per heavy atom. The Labute approximate surface area is 161 Å². The first kappa shape index (κ1) is 19.1. The maximum absolute atomic E-state index is 12.9. The van der Waals surface area contributed by atoms with Crippen LogP contribution in [0.3, 0.4) is 0 Å². The molecule has 0 aliphatic carbocycles. The van der Waals surface area contributed by atoms with Gasteiger partial charge in [-0.15, -0.1) is 0 Å². The molecule has 8 heteroatoms. The van der Waals surface area contributed by atoms with Crippen molar-refractivity contribution < 1.29 is 19.2 Å². The van der Waals surface area contributed by atoms with Crippen LogP contribution < -0.4 is 14.5 Å². The van der Waals surface area contributed by atoms with Gasteiger partial charge in [-0.1, -0.05) is 17.7 Å². The number of methoxy groups -OCH3 is 2. The van der Waals surface area contributed by atoms with Crippen molar-refractivity contribution >= 4 is 29.1 Å². The number of benzene rings is 2. The van der Waals surface area contributed by atoms with E-state index in [1.165, 1.54) is 37.4 Å². The van der Waals surface area contributed by atoms with Crippen molar-refractivity contribution in [2.24, 2.45) is 5.10 Å². The van der Waals surface area contributed by atoms with Gasteiger partial charge in [-0.2, -0.15) is 10.1 Å². The first-order chi connectivity index (χ1) is 13.3. The summed E-state index contributed by atoms with van der Waals surface area (Å²) >= 11 is 0. The van der Waals surface area contributed by atoms with Crippen LogP contribution in [0.5, 0.6) is 11.5 Å². The van der Waals surface area contributed by atoms with E-state index < -0.39 is 4.92 Å². The molecule has 28 heavy (non-hydrogen) atoms. The standard InChI is InChI=1S/C20H19N3O5/c1-12-5-7-15(8-6-12)22-20(24)16(13(2)21-22)9-14-10-18(27-3)19(28-4)11-17(14)23(25)26/h5-11H,1-4H3/b16-9+. The molecule has 1 heterocycles. The van der Waals surface area contributed by atoms with Gasteiger partial charge >= 0.3 is 0 Å². The Balaban J connectivity index is 2.06. The number of carbonyl (C=O) groups excluding carboxylic acids is 1. The van der Waals surface area contributed by atoms with Gasteiger partial charge in [-0.05, 0) is 38.1 Å². The van der Waals surface area contributed by atoms with Gasteiger partial charge in [0.1, 0.15) is 0 Å². The van der Waals surface area contributed by atoms with E-state index in [4.69, 9.17) is 9.47 Å². The SMILES string of the molecule is COc1cc(/C=C2/C(=O)N(c3ccc(C)cc3)N=C2C)c([N+](=O)[O-])cc1OC. The molecule has 8 nitrogen and oxygen atoms in total. The number of anilines is 1. The highest BCUT2D eigenvalue weighted by atomic mass is 16.6. The lowest BCUT2D eigenvalue weighted by atomic mass is 10.0. The lowest BCUT2D eigenvalue weighted by molar-refractivity contribution is -0.385. The molecule has 1 aliphatic heterocycles. The number of hydrogen-bond donors (Lipinski definition) is 0. The van der Waals surface area contributed by atoms with Crippen LogP contribution in [0.4, 0.5) is 11.4 Å². The molecule has 144 valence electrons. The molecule has 3 rings (SSSR count). The van der Waals surface area contributed by atoms with E-state index in [0.717, 1.165) is 5.56 Å². The second kappa shape index (κ2) is 7.51. The molecule has 0 saturated heterocycles. The van der Waals surface area contributed by atoms with E-state index in [1.54, 1.807) is 19.1 Å². The molecule has 2 aromatic carbocycles. The third kappa shape index (κ3) is 3.44. The average molecular weight is 381 g/mol. The Bertz CT molecular complexity index is 1010. The van der Waals surface area contributed by atoms with Crippen LogP contribution in [-0.4, -0.2) is 30.8 Å². The molecule has 0 spiro atoms. The Kier molecular flexibility index (Phi) is 5.12. The van der Waals surface area contributed by atoms with Crippen molar-refractivity contribution in [3.05, 3.63) is 63.2 Å². The van der Waals surface area contributed by atoms with E-state index in [1.807, 2.05) is 19.1 Å². The van der Waals surface area contributed by atoms with E-state index >= 15 is 0 Å². The van der Waals surface area contributed by atoms with Crippen LogP contribution in [0.25, 0.3) is 6.08 Å². The zero-order chi connectivity index (χ0) is 20.4. The summed E-state index contributed by atoms with van der Waals surface area (Å²) in [5, 5.41) is 17.1. The Morgan fingerprint density at radius 3 is 2.25 bits per heavy atom. The molecule has 0 saturated carbocycles. The highest BCUT2D eigenvalue weighted by Crippen LogP contribution is 2.36. The molecule has 0 aromatic heterocycles. The fourth-order valence-electron chi connectivity index (χ4n) is 2.86. The fraction of sp³-hybridized carbons (Fsp3) is 0.200. The van der Waals surface area contributed by atoms with Crippen LogP contribution in [-0.2, 0) is 4.79 Å². The van der Waals surface area contributed by atoms with E-state index in [2.05, 4.69) is 5.10 Å². The van der Waals surface area contributed by atoms with Crippen LogP contribution >= 0.6 is 0 Å². The summed E-state index contributed by atoms with van der Waals surface area (Å²) in [5.41, 5.74) is 2.46. The zero-order valence-electron chi connectivity index (χ0n) is 15.9. The van der Waals surface area contributed by atoms with Crippen molar-refractivity contribution in [2.45, 2.75) is 13.8 Å². The Hall–Kier alpha value is -3.68. The number of hydrogen-bond acceptors (Lipinski definition) is 6. The predicted molar refractivity (Wildman–Crippen MR) is 106 cm³/mol. The maximum Gasteiger partial charge on any atom is 0.280 e. The molecule has 1 aliphatic rings. The molecular weight excluding hydrogens is 362 g/mol. The van der Waals surface area contributed by atoms with Crippen molar-refractivity contribution in [1.29, 1.82) is 0 Å². The first-order valence-electron chi connectivity index (χ1n) is 8.44. The number of rotatable bonds is 5. The number of nitrogens with zero attached hydrogens (tertiary/aromatic N) is 3. The van der Waals surface area contributed by atoms with Gasteiger partial charge in [0.25, 0.3) is 11.6 Å². The van der Waals surface area contributed by atoms with Gasteiger partial charge in [-0.25, -0.2) is 0 Å². The Morgan fingerprint density at radius 1 is 1.07 bits per heavy atom. The van der Waals surface area contributed by atoms with Crippen molar-refractivity contribution in [1.82, 2.24) is 0 Å². The number of nitro groups is 1. The number of amides is 1. The maximum atomic E-state index is 12.9. The summed E-state index contributed by atoms with van der Waals surface area (Å²) in [4.78, 5) is 23.9. The second-order valence-electron chi connectivity index (χ2n) is 6.22. The van der Waals surface area contributed by atoms with Gasteiger partial charge < -0.3 is 9.47 Å². The van der Waals surface area contributed by atoms with Crippen LogP contribution in [0.2, 0.25) is 0 Å². The van der Waals surface area contributed by atoms with E-state index in [9.17, 15) is 14.9 Å². The molecule has 0 fully saturated rings. The fourth-order valence-corrected chi connectivity index (χ4v) is 2.86. The van der Waals surface area contributed by atoms with Gasteiger partial charge in [0.05, 0.1) is 47.7 Å². The minimum atomic E-state index is -0.530. The summed E-state index contributed by atoms with van der Waals surface area (Å²) in [6.07, 6.45) is 1.45. The highest BCUT2D eigenvalue weighted by molar-refractivity contribution is 6.32. The minimum Gasteiger partial charge on any atom is -0.493 e. The number of hydrazone groups is 1. The van der Waals surface area contributed by atoms with Crippen LogP contribution in [0.1, 0.15) is 18.1 Å². The molecule has 0 unspecified atom stereocenters. The summed E-state index contributed by atoms with van der Waals surface area (Å²) in [7, 11) is 2.84. The van der Waals surface area contributed by atoms with Crippen LogP contribution in [0, 0.1) is 17.0 Å². The van der Waals surface area contributed by atoms with Gasteiger partial charge in [0, 0.05) is 0 Å².